The van der Waals surface area contributed by atoms with Crippen molar-refractivity contribution in [2.24, 2.45) is 0 Å². The highest BCUT2D eigenvalue weighted by atomic mass is 79.9. The number of nitrogens with one attached hydrogen (secondary N) is 1. The van der Waals surface area contributed by atoms with Gasteiger partial charge in [0, 0.05) is 21.9 Å². The van der Waals surface area contributed by atoms with E-state index in [9.17, 15) is 18.0 Å². The summed E-state index contributed by atoms with van der Waals surface area (Å²) in [6, 6.07) is 3.35. The van der Waals surface area contributed by atoms with Crippen LogP contribution >= 0.6 is 31.9 Å². The highest BCUT2D eigenvalue weighted by Crippen LogP contribution is 2.35. The molecule has 0 aliphatic rings. The first-order valence-corrected chi connectivity index (χ1v) is 7.56. The van der Waals surface area contributed by atoms with Crippen molar-refractivity contribution in [1.82, 2.24) is 5.32 Å². The van der Waals surface area contributed by atoms with Crippen molar-refractivity contribution < 1.29 is 22.7 Å². The van der Waals surface area contributed by atoms with Gasteiger partial charge >= 0.3 is 6.18 Å². The molecule has 1 N–H and O–H groups in total. The fourth-order valence-corrected chi connectivity index (χ4v) is 2.08. The molecule has 0 aliphatic carbocycles. The first kappa shape index (κ1) is 17.5. The van der Waals surface area contributed by atoms with E-state index in [4.69, 9.17) is 4.74 Å². The molecule has 112 valence electrons. The summed E-state index contributed by atoms with van der Waals surface area (Å²) >= 11 is 6.00. The van der Waals surface area contributed by atoms with Crippen LogP contribution in [0.3, 0.4) is 0 Å². The number of halogens is 5. The van der Waals surface area contributed by atoms with Gasteiger partial charge in [-0.1, -0.05) is 31.9 Å². The lowest BCUT2D eigenvalue weighted by Gasteiger charge is -2.11. The van der Waals surface area contributed by atoms with Gasteiger partial charge in [-0.2, -0.15) is 13.2 Å². The molecule has 0 spiro atoms. The molecule has 1 aromatic carbocycles. The topological polar surface area (TPSA) is 38.3 Å². The predicted molar refractivity (Wildman–Crippen MR) is 76.1 cm³/mol. The van der Waals surface area contributed by atoms with Crippen molar-refractivity contribution in [3.63, 3.8) is 0 Å². The van der Waals surface area contributed by atoms with Crippen LogP contribution < -0.4 is 5.32 Å². The maximum absolute atomic E-state index is 12.7. The lowest BCUT2D eigenvalue weighted by Crippen LogP contribution is -2.27. The van der Waals surface area contributed by atoms with E-state index in [1.807, 2.05) is 0 Å². The van der Waals surface area contributed by atoms with Gasteiger partial charge in [-0.3, -0.25) is 4.79 Å². The van der Waals surface area contributed by atoms with Crippen LogP contribution in [0.2, 0.25) is 0 Å². The molecule has 0 bridgehead atoms. The first-order chi connectivity index (χ1) is 9.36. The molecule has 0 saturated heterocycles. The molecule has 0 atom stereocenters. The Morgan fingerprint density at radius 1 is 1.30 bits per heavy atom. The van der Waals surface area contributed by atoms with E-state index in [1.54, 1.807) is 0 Å². The molecule has 0 aromatic heterocycles. The molecule has 8 heteroatoms. The summed E-state index contributed by atoms with van der Waals surface area (Å²) in [5.41, 5.74) is -0.915. The fraction of sp³-hybridized carbons (Fsp3) is 0.417. The maximum atomic E-state index is 12.7. The molecule has 1 amide bonds. The third-order valence-corrected chi connectivity index (χ3v) is 3.30. The summed E-state index contributed by atoms with van der Waals surface area (Å²) in [7, 11) is 0. The highest BCUT2D eigenvalue weighted by molar-refractivity contribution is 9.10. The second-order valence-electron chi connectivity index (χ2n) is 3.75. The van der Waals surface area contributed by atoms with Crippen molar-refractivity contribution in [1.29, 1.82) is 0 Å². The fourth-order valence-electron chi connectivity index (χ4n) is 1.38. The van der Waals surface area contributed by atoms with Gasteiger partial charge in [-0.05, 0) is 18.2 Å². The molecule has 20 heavy (non-hydrogen) atoms. The number of alkyl halides is 4. The van der Waals surface area contributed by atoms with Crippen LogP contribution in [0.5, 0.6) is 0 Å². The van der Waals surface area contributed by atoms with Crippen molar-refractivity contribution in [3.05, 3.63) is 33.8 Å². The number of hydrogen-bond donors (Lipinski definition) is 1. The van der Waals surface area contributed by atoms with E-state index in [0.29, 0.717) is 18.5 Å². The average Bonchev–Trinajstić information content (AvgIpc) is 2.37. The smallest absolute Gasteiger partial charge is 0.379 e. The molecule has 0 radical (unpaired) electrons. The van der Waals surface area contributed by atoms with Crippen LogP contribution in [-0.4, -0.2) is 31.0 Å². The number of ether oxygens (including phenoxy) is 1. The Balaban J connectivity index is 2.65. The minimum Gasteiger partial charge on any atom is -0.379 e. The standard InChI is InChI=1S/C12H12Br2F3NO2/c13-3-5-20-6-4-18-11(19)8-1-2-10(14)9(7-8)12(15,16)17/h1-2,7H,3-6H2,(H,18,19). The second-order valence-corrected chi connectivity index (χ2v) is 5.40. The monoisotopic (exact) mass is 417 g/mol. The Morgan fingerprint density at radius 3 is 2.60 bits per heavy atom. The number of benzene rings is 1. The van der Waals surface area contributed by atoms with Crippen molar-refractivity contribution in [2.75, 3.05) is 25.1 Å². The maximum Gasteiger partial charge on any atom is 0.417 e. The number of rotatable bonds is 6. The molecule has 3 nitrogen and oxygen atoms in total. The zero-order valence-electron chi connectivity index (χ0n) is 10.3. The Labute approximate surface area is 131 Å². The third-order valence-electron chi connectivity index (χ3n) is 2.29. The average molecular weight is 419 g/mol. The van der Waals surface area contributed by atoms with E-state index < -0.39 is 17.6 Å². The Kier molecular flexibility index (Phi) is 6.97. The number of carbonyl (C=O) groups is 1. The summed E-state index contributed by atoms with van der Waals surface area (Å²) in [6.45, 7) is 1.05. The SMILES string of the molecule is O=C(NCCOCCBr)c1ccc(Br)c(C(F)(F)F)c1. The summed E-state index contributed by atoms with van der Waals surface area (Å²) in [4.78, 5) is 11.7. The molecule has 1 rings (SSSR count). The van der Waals surface area contributed by atoms with Gasteiger partial charge < -0.3 is 10.1 Å². The van der Waals surface area contributed by atoms with Crippen LogP contribution in [0, 0.1) is 0 Å². The summed E-state index contributed by atoms with van der Waals surface area (Å²) in [5.74, 6) is -0.564. The molecule has 0 heterocycles. The molecular weight excluding hydrogens is 407 g/mol. The zero-order valence-corrected chi connectivity index (χ0v) is 13.4. The Morgan fingerprint density at radius 2 is 2.00 bits per heavy atom. The lowest BCUT2D eigenvalue weighted by molar-refractivity contribution is -0.138. The normalized spacial score (nSPS) is 11.4. The van der Waals surface area contributed by atoms with Gasteiger partial charge in [0.2, 0.25) is 0 Å². The Hall–Kier alpha value is -0.600. The zero-order chi connectivity index (χ0) is 15.2. The van der Waals surface area contributed by atoms with E-state index in [0.717, 1.165) is 6.07 Å². The van der Waals surface area contributed by atoms with Gasteiger partial charge in [0.15, 0.2) is 0 Å². The van der Waals surface area contributed by atoms with Crippen molar-refractivity contribution >= 4 is 37.8 Å². The minimum atomic E-state index is -4.51. The van der Waals surface area contributed by atoms with E-state index >= 15 is 0 Å². The van der Waals surface area contributed by atoms with Crippen LogP contribution in [0.25, 0.3) is 0 Å². The van der Waals surface area contributed by atoms with Crippen molar-refractivity contribution in [3.8, 4) is 0 Å². The largest absolute Gasteiger partial charge is 0.417 e. The van der Waals surface area contributed by atoms with Gasteiger partial charge in [-0.15, -0.1) is 0 Å². The summed E-state index contributed by atoms with van der Waals surface area (Å²) < 4.78 is 43.1. The molecule has 0 saturated carbocycles. The van der Waals surface area contributed by atoms with Crippen LogP contribution in [-0.2, 0) is 10.9 Å². The molecule has 0 unspecified atom stereocenters. The lowest BCUT2D eigenvalue weighted by atomic mass is 10.1. The Bertz CT molecular complexity index is 467. The number of amides is 1. The van der Waals surface area contributed by atoms with Gasteiger partial charge in [0.1, 0.15) is 0 Å². The van der Waals surface area contributed by atoms with Crippen LogP contribution in [0.1, 0.15) is 15.9 Å². The van der Waals surface area contributed by atoms with Crippen LogP contribution in [0.15, 0.2) is 22.7 Å². The van der Waals surface area contributed by atoms with E-state index in [2.05, 4.69) is 37.2 Å². The van der Waals surface area contributed by atoms with Gasteiger partial charge in [0.25, 0.3) is 5.91 Å². The minimum absolute atomic E-state index is 0.0407. The summed E-state index contributed by atoms with van der Waals surface area (Å²) in [6.07, 6.45) is -4.51. The molecular formula is C12H12Br2F3NO2. The molecule has 0 aliphatic heterocycles. The first-order valence-electron chi connectivity index (χ1n) is 5.65. The molecule has 1 aromatic rings. The highest BCUT2D eigenvalue weighted by Gasteiger charge is 2.33. The third kappa shape index (κ3) is 5.41. The quantitative estimate of drug-likeness (QED) is 0.566. The van der Waals surface area contributed by atoms with Crippen LogP contribution in [0.4, 0.5) is 13.2 Å². The number of carbonyl (C=O) groups excluding carboxylic acids is 1. The predicted octanol–water partition coefficient (Wildman–Crippen LogP) is 3.61. The second kappa shape index (κ2) is 7.99. The van der Waals surface area contributed by atoms with Gasteiger partial charge in [0.05, 0.1) is 18.8 Å². The molecule has 0 fully saturated rings. The van der Waals surface area contributed by atoms with E-state index in [1.165, 1.54) is 12.1 Å². The number of hydrogen-bond acceptors (Lipinski definition) is 2. The van der Waals surface area contributed by atoms with Crippen molar-refractivity contribution in [2.45, 2.75) is 6.18 Å². The van der Waals surface area contributed by atoms with E-state index in [-0.39, 0.29) is 16.6 Å². The van der Waals surface area contributed by atoms with Gasteiger partial charge in [-0.25, -0.2) is 0 Å². The summed E-state index contributed by atoms with van der Waals surface area (Å²) in [5, 5.41) is 3.18.